The molecule has 14 heavy (non-hydrogen) atoms. The SMILES string of the molecule is CCNCC(c1cccnc1)C(C)C. The topological polar surface area (TPSA) is 24.9 Å². The first-order valence-corrected chi connectivity index (χ1v) is 5.36. The van der Waals surface area contributed by atoms with Crippen LogP contribution in [0.2, 0.25) is 0 Å². The summed E-state index contributed by atoms with van der Waals surface area (Å²) in [7, 11) is 0. The first-order valence-electron chi connectivity index (χ1n) is 5.36. The van der Waals surface area contributed by atoms with Gasteiger partial charge in [0, 0.05) is 24.9 Å². The summed E-state index contributed by atoms with van der Waals surface area (Å²) in [6.45, 7) is 8.73. The van der Waals surface area contributed by atoms with Crippen molar-refractivity contribution in [3.63, 3.8) is 0 Å². The van der Waals surface area contributed by atoms with Crippen LogP contribution < -0.4 is 5.32 Å². The number of nitrogens with zero attached hydrogens (tertiary/aromatic N) is 1. The summed E-state index contributed by atoms with van der Waals surface area (Å²) in [6.07, 6.45) is 3.80. The first kappa shape index (κ1) is 11.2. The lowest BCUT2D eigenvalue weighted by atomic mass is 9.89. The average molecular weight is 192 g/mol. The maximum atomic E-state index is 4.17. The molecule has 0 aliphatic rings. The summed E-state index contributed by atoms with van der Waals surface area (Å²) in [6, 6.07) is 4.17. The summed E-state index contributed by atoms with van der Waals surface area (Å²) in [5.41, 5.74) is 1.34. The van der Waals surface area contributed by atoms with Crippen molar-refractivity contribution in [1.82, 2.24) is 10.3 Å². The van der Waals surface area contributed by atoms with E-state index in [2.05, 4.69) is 37.1 Å². The molecule has 1 aromatic rings. The van der Waals surface area contributed by atoms with E-state index in [1.165, 1.54) is 5.56 Å². The van der Waals surface area contributed by atoms with Gasteiger partial charge < -0.3 is 5.32 Å². The van der Waals surface area contributed by atoms with E-state index in [1.54, 1.807) is 0 Å². The highest BCUT2D eigenvalue weighted by molar-refractivity contribution is 5.15. The second-order valence-electron chi connectivity index (χ2n) is 3.94. The lowest BCUT2D eigenvalue weighted by Crippen LogP contribution is -2.24. The van der Waals surface area contributed by atoms with Crippen molar-refractivity contribution >= 4 is 0 Å². The highest BCUT2D eigenvalue weighted by atomic mass is 14.8. The molecule has 1 heterocycles. The second-order valence-corrected chi connectivity index (χ2v) is 3.94. The van der Waals surface area contributed by atoms with Gasteiger partial charge in [0.05, 0.1) is 0 Å². The fourth-order valence-electron chi connectivity index (χ4n) is 1.63. The molecule has 78 valence electrons. The molecule has 0 radical (unpaired) electrons. The van der Waals surface area contributed by atoms with Crippen LogP contribution in [-0.2, 0) is 0 Å². The Kier molecular flexibility index (Phi) is 4.60. The van der Waals surface area contributed by atoms with Crippen LogP contribution in [0.3, 0.4) is 0 Å². The number of rotatable bonds is 5. The molecule has 0 bridgehead atoms. The molecule has 1 unspecified atom stereocenters. The summed E-state index contributed by atoms with van der Waals surface area (Å²) < 4.78 is 0. The van der Waals surface area contributed by atoms with E-state index < -0.39 is 0 Å². The van der Waals surface area contributed by atoms with Gasteiger partial charge in [-0.2, -0.15) is 0 Å². The van der Waals surface area contributed by atoms with Crippen molar-refractivity contribution in [1.29, 1.82) is 0 Å². The molecule has 0 amide bonds. The third-order valence-corrected chi connectivity index (χ3v) is 2.53. The van der Waals surface area contributed by atoms with Gasteiger partial charge in [0.15, 0.2) is 0 Å². The Labute approximate surface area is 86.8 Å². The van der Waals surface area contributed by atoms with E-state index in [9.17, 15) is 0 Å². The van der Waals surface area contributed by atoms with Crippen molar-refractivity contribution in [2.75, 3.05) is 13.1 Å². The molecule has 0 aromatic carbocycles. The molecule has 0 spiro atoms. The fraction of sp³-hybridized carbons (Fsp3) is 0.583. The summed E-state index contributed by atoms with van der Waals surface area (Å²) in [4.78, 5) is 4.17. The van der Waals surface area contributed by atoms with E-state index in [-0.39, 0.29) is 0 Å². The van der Waals surface area contributed by atoms with Crippen molar-refractivity contribution in [3.8, 4) is 0 Å². The van der Waals surface area contributed by atoms with E-state index in [1.807, 2.05) is 18.5 Å². The van der Waals surface area contributed by atoms with Gasteiger partial charge in [-0.25, -0.2) is 0 Å². The Morgan fingerprint density at radius 1 is 1.43 bits per heavy atom. The predicted octanol–water partition coefficient (Wildman–Crippen LogP) is 2.43. The number of aromatic nitrogens is 1. The van der Waals surface area contributed by atoms with Crippen LogP contribution in [-0.4, -0.2) is 18.1 Å². The van der Waals surface area contributed by atoms with E-state index in [4.69, 9.17) is 0 Å². The maximum Gasteiger partial charge on any atom is 0.0303 e. The molecule has 0 saturated carbocycles. The Balaban J connectivity index is 2.68. The van der Waals surface area contributed by atoms with E-state index >= 15 is 0 Å². The number of nitrogens with one attached hydrogen (secondary N) is 1. The van der Waals surface area contributed by atoms with E-state index in [0.29, 0.717) is 11.8 Å². The van der Waals surface area contributed by atoms with Crippen molar-refractivity contribution in [3.05, 3.63) is 30.1 Å². The third kappa shape index (κ3) is 3.11. The van der Waals surface area contributed by atoms with Gasteiger partial charge in [-0.15, -0.1) is 0 Å². The fourth-order valence-corrected chi connectivity index (χ4v) is 1.63. The van der Waals surface area contributed by atoms with Gasteiger partial charge in [-0.3, -0.25) is 4.98 Å². The van der Waals surface area contributed by atoms with Gasteiger partial charge in [0.1, 0.15) is 0 Å². The number of likely N-dealkylation sites (N-methyl/N-ethyl adjacent to an activating group) is 1. The minimum absolute atomic E-state index is 0.573. The molecular weight excluding hydrogens is 172 g/mol. The molecule has 1 N–H and O–H groups in total. The Morgan fingerprint density at radius 2 is 2.21 bits per heavy atom. The van der Waals surface area contributed by atoms with Gasteiger partial charge in [0.25, 0.3) is 0 Å². The Hall–Kier alpha value is -0.890. The summed E-state index contributed by atoms with van der Waals surface area (Å²) in [5, 5.41) is 3.40. The zero-order valence-electron chi connectivity index (χ0n) is 9.33. The van der Waals surface area contributed by atoms with Crippen LogP contribution in [0.25, 0.3) is 0 Å². The molecule has 1 atom stereocenters. The van der Waals surface area contributed by atoms with Gasteiger partial charge in [-0.1, -0.05) is 26.8 Å². The van der Waals surface area contributed by atoms with E-state index in [0.717, 1.165) is 13.1 Å². The zero-order chi connectivity index (χ0) is 10.4. The van der Waals surface area contributed by atoms with Gasteiger partial charge >= 0.3 is 0 Å². The third-order valence-electron chi connectivity index (χ3n) is 2.53. The monoisotopic (exact) mass is 192 g/mol. The van der Waals surface area contributed by atoms with Crippen LogP contribution >= 0.6 is 0 Å². The molecule has 1 aromatic heterocycles. The van der Waals surface area contributed by atoms with Crippen LogP contribution in [0.5, 0.6) is 0 Å². The zero-order valence-corrected chi connectivity index (χ0v) is 9.33. The smallest absolute Gasteiger partial charge is 0.0303 e. The number of hydrogen-bond acceptors (Lipinski definition) is 2. The molecule has 2 heteroatoms. The Bertz CT molecular complexity index is 244. The number of hydrogen-bond donors (Lipinski definition) is 1. The molecule has 0 aliphatic carbocycles. The van der Waals surface area contributed by atoms with Crippen LogP contribution in [0.1, 0.15) is 32.3 Å². The standard InChI is InChI=1S/C12H20N2/c1-4-13-9-12(10(2)3)11-6-5-7-14-8-11/h5-8,10,12-13H,4,9H2,1-3H3. The number of pyridine rings is 1. The molecule has 0 aliphatic heterocycles. The Morgan fingerprint density at radius 3 is 2.71 bits per heavy atom. The van der Waals surface area contributed by atoms with Crippen LogP contribution in [0.4, 0.5) is 0 Å². The van der Waals surface area contributed by atoms with Crippen molar-refractivity contribution in [2.24, 2.45) is 5.92 Å². The summed E-state index contributed by atoms with van der Waals surface area (Å²) >= 11 is 0. The molecule has 1 rings (SSSR count). The second kappa shape index (κ2) is 5.76. The van der Waals surface area contributed by atoms with Gasteiger partial charge in [-0.05, 0) is 24.1 Å². The normalized spacial score (nSPS) is 13.1. The predicted molar refractivity (Wildman–Crippen MR) is 60.4 cm³/mol. The lowest BCUT2D eigenvalue weighted by molar-refractivity contribution is 0.466. The van der Waals surface area contributed by atoms with Crippen molar-refractivity contribution in [2.45, 2.75) is 26.7 Å². The maximum absolute atomic E-state index is 4.17. The van der Waals surface area contributed by atoms with Crippen LogP contribution in [0, 0.1) is 5.92 Å². The largest absolute Gasteiger partial charge is 0.316 e. The molecule has 2 nitrogen and oxygen atoms in total. The molecule has 0 saturated heterocycles. The van der Waals surface area contributed by atoms with Crippen LogP contribution in [0.15, 0.2) is 24.5 Å². The highest BCUT2D eigenvalue weighted by Gasteiger charge is 2.14. The minimum atomic E-state index is 0.573. The average Bonchev–Trinajstić information content (AvgIpc) is 2.19. The molecular formula is C12H20N2. The minimum Gasteiger partial charge on any atom is -0.316 e. The van der Waals surface area contributed by atoms with Gasteiger partial charge in [0.2, 0.25) is 0 Å². The highest BCUT2D eigenvalue weighted by Crippen LogP contribution is 2.22. The van der Waals surface area contributed by atoms with Crippen molar-refractivity contribution < 1.29 is 0 Å². The first-order chi connectivity index (χ1) is 6.75. The molecule has 0 fully saturated rings. The lowest BCUT2D eigenvalue weighted by Gasteiger charge is -2.21. The summed E-state index contributed by atoms with van der Waals surface area (Å²) in [5.74, 6) is 1.22. The quantitative estimate of drug-likeness (QED) is 0.775.